The van der Waals surface area contributed by atoms with E-state index in [1.54, 1.807) is 30.3 Å². The first-order chi connectivity index (χ1) is 16.7. The minimum absolute atomic E-state index is 0.180. The summed E-state index contributed by atoms with van der Waals surface area (Å²) in [4.78, 5) is 26.8. The average molecular weight is 453 g/mol. The molecule has 1 unspecified atom stereocenters. The molecule has 4 aromatic rings. The van der Waals surface area contributed by atoms with E-state index in [1.807, 2.05) is 42.5 Å². The summed E-state index contributed by atoms with van der Waals surface area (Å²) in [6.07, 6.45) is 2.08. The van der Waals surface area contributed by atoms with E-state index >= 15 is 0 Å². The molecular weight excluding hydrogens is 430 g/mol. The summed E-state index contributed by atoms with van der Waals surface area (Å²) in [5.41, 5.74) is 1.55. The van der Waals surface area contributed by atoms with Gasteiger partial charge in [-0.1, -0.05) is 42.5 Å². The number of carbonyl (C=O) groups excluding carboxylic acids is 1. The summed E-state index contributed by atoms with van der Waals surface area (Å²) in [7, 11) is 0. The molecule has 0 saturated heterocycles. The minimum atomic E-state index is -0.312. The summed E-state index contributed by atoms with van der Waals surface area (Å²) < 4.78 is 12.7. The van der Waals surface area contributed by atoms with Gasteiger partial charge in [0.1, 0.15) is 13.2 Å². The number of fused-ring (bicyclic) bond motifs is 2. The van der Waals surface area contributed by atoms with Gasteiger partial charge in [0.2, 0.25) is 0 Å². The normalized spacial score (nSPS) is 15.6. The van der Waals surface area contributed by atoms with E-state index < -0.39 is 0 Å². The van der Waals surface area contributed by atoms with Gasteiger partial charge in [0.05, 0.1) is 17.1 Å². The van der Waals surface area contributed by atoms with Crippen molar-refractivity contribution in [2.45, 2.75) is 18.9 Å². The number of rotatable bonds is 5. The van der Waals surface area contributed by atoms with Gasteiger partial charge >= 0.3 is 0 Å². The SMILES string of the molecule is O=C(NC(c1ccc2c(c1)OCCO2)C1CC1)c1nn(-c2ccccc2)c(=O)c2ccccc12. The molecule has 1 aliphatic carbocycles. The Labute approximate surface area is 195 Å². The number of hydrogen-bond donors (Lipinski definition) is 1. The van der Waals surface area contributed by atoms with Crippen LogP contribution in [0.5, 0.6) is 11.5 Å². The summed E-state index contributed by atoms with van der Waals surface area (Å²) in [6, 6.07) is 21.9. The molecule has 1 amide bonds. The van der Waals surface area contributed by atoms with Crippen LogP contribution in [-0.2, 0) is 0 Å². The quantitative estimate of drug-likeness (QED) is 0.493. The Morgan fingerprint density at radius 2 is 1.62 bits per heavy atom. The van der Waals surface area contributed by atoms with E-state index in [0.717, 1.165) is 24.2 Å². The Kier molecular flexibility index (Phi) is 5.02. The fraction of sp³-hybridized carbons (Fsp3) is 0.222. The first-order valence-electron chi connectivity index (χ1n) is 11.5. The molecule has 6 rings (SSSR count). The molecule has 7 nitrogen and oxygen atoms in total. The van der Waals surface area contributed by atoms with E-state index in [1.165, 1.54) is 4.68 Å². The number of ether oxygens (including phenoxy) is 2. The van der Waals surface area contributed by atoms with Gasteiger partial charge in [0, 0.05) is 5.39 Å². The van der Waals surface area contributed by atoms with Crippen LogP contribution in [0.4, 0.5) is 0 Å². The number of nitrogens with zero attached hydrogens (tertiary/aromatic N) is 2. The largest absolute Gasteiger partial charge is 0.486 e. The van der Waals surface area contributed by atoms with E-state index in [2.05, 4.69) is 10.4 Å². The Balaban J connectivity index is 1.40. The molecule has 1 fully saturated rings. The Hall–Kier alpha value is -4.13. The molecule has 7 heteroatoms. The van der Waals surface area contributed by atoms with Crippen LogP contribution in [-0.4, -0.2) is 28.9 Å². The topological polar surface area (TPSA) is 82.4 Å². The van der Waals surface area contributed by atoms with Gasteiger partial charge in [-0.05, 0) is 54.7 Å². The monoisotopic (exact) mass is 453 g/mol. The lowest BCUT2D eigenvalue weighted by molar-refractivity contribution is 0.0926. The van der Waals surface area contributed by atoms with Crippen LogP contribution in [0.3, 0.4) is 0 Å². The zero-order valence-electron chi connectivity index (χ0n) is 18.4. The van der Waals surface area contributed by atoms with E-state index in [4.69, 9.17) is 9.47 Å². The van der Waals surface area contributed by atoms with Crippen molar-refractivity contribution in [1.82, 2.24) is 15.1 Å². The lowest BCUT2D eigenvalue weighted by Gasteiger charge is -2.23. The predicted octanol–water partition coefficient (Wildman–Crippen LogP) is 4.04. The van der Waals surface area contributed by atoms with Crippen molar-refractivity contribution in [1.29, 1.82) is 0 Å². The number of nitrogens with one attached hydrogen (secondary N) is 1. The highest BCUT2D eigenvalue weighted by Gasteiger charge is 2.35. The zero-order chi connectivity index (χ0) is 23.1. The van der Waals surface area contributed by atoms with Crippen LogP contribution in [0.1, 0.15) is 34.9 Å². The second kappa shape index (κ2) is 8.33. The zero-order valence-corrected chi connectivity index (χ0v) is 18.4. The molecule has 1 aliphatic heterocycles. The van der Waals surface area contributed by atoms with Crippen LogP contribution in [0.2, 0.25) is 0 Å². The fourth-order valence-electron chi connectivity index (χ4n) is 4.47. The molecule has 0 spiro atoms. The van der Waals surface area contributed by atoms with Crippen LogP contribution < -0.4 is 20.3 Å². The number of benzene rings is 3. The van der Waals surface area contributed by atoms with Crippen molar-refractivity contribution in [3.05, 3.63) is 94.4 Å². The van der Waals surface area contributed by atoms with Crippen LogP contribution >= 0.6 is 0 Å². The second-order valence-electron chi connectivity index (χ2n) is 8.64. The van der Waals surface area contributed by atoms with Crippen LogP contribution in [0.15, 0.2) is 77.6 Å². The van der Waals surface area contributed by atoms with Gasteiger partial charge in [-0.25, -0.2) is 0 Å². The molecule has 2 aliphatic rings. The summed E-state index contributed by atoms with van der Waals surface area (Å²) in [5, 5.41) is 8.70. The highest BCUT2D eigenvalue weighted by atomic mass is 16.6. The first kappa shape index (κ1) is 20.5. The lowest BCUT2D eigenvalue weighted by atomic mass is 10.0. The molecular formula is C27H23N3O4. The molecule has 2 heterocycles. The highest BCUT2D eigenvalue weighted by Crippen LogP contribution is 2.43. The van der Waals surface area contributed by atoms with Gasteiger partial charge in [0.25, 0.3) is 11.5 Å². The first-order valence-corrected chi connectivity index (χ1v) is 11.5. The van der Waals surface area contributed by atoms with Crippen LogP contribution in [0, 0.1) is 5.92 Å². The number of carbonyl (C=O) groups is 1. The maximum absolute atomic E-state index is 13.6. The Bertz CT molecular complexity index is 1440. The standard InChI is InChI=1S/C27H23N3O4/c31-26(28-24(17-10-11-17)18-12-13-22-23(16-18)34-15-14-33-22)25-20-8-4-5-9-21(20)27(32)30(29-25)19-6-2-1-3-7-19/h1-9,12-13,16-17,24H,10-11,14-15H2,(H,28,31). The van der Waals surface area contributed by atoms with Crippen LogP contribution in [0.25, 0.3) is 16.5 Å². The molecule has 0 bridgehead atoms. The fourth-order valence-corrected chi connectivity index (χ4v) is 4.47. The highest BCUT2D eigenvalue weighted by molar-refractivity contribution is 6.05. The molecule has 1 aromatic heterocycles. The number of para-hydroxylation sites is 1. The van der Waals surface area contributed by atoms with Crippen molar-refractivity contribution < 1.29 is 14.3 Å². The van der Waals surface area contributed by atoms with Crippen molar-refractivity contribution in [2.75, 3.05) is 13.2 Å². The van der Waals surface area contributed by atoms with Gasteiger partial charge < -0.3 is 14.8 Å². The molecule has 1 N–H and O–H groups in total. The molecule has 1 saturated carbocycles. The molecule has 34 heavy (non-hydrogen) atoms. The number of hydrogen-bond acceptors (Lipinski definition) is 5. The third-order valence-corrected chi connectivity index (χ3v) is 6.33. The van der Waals surface area contributed by atoms with Crippen molar-refractivity contribution in [3.63, 3.8) is 0 Å². The van der Waals surface area contributed by atoms with Gasteiger partial charge in [-0.2, -0.15) is 9.78 Å². The molecule has 0 radical (unpaired) electrons. The minimum Gasteiger partial charge on any atom is -0.486 e. The third kappa shape index (κ3) is 3.69. The smallest absolute Gasteiger partial charge is 0.279 e. The summed E-state index contributed by atoms with van der Waals surface area (Å²) >= 11 is 0. The summed E-state index contributed by atoms with van der Waals surface area (Å²) in [5.74, 6) is 1.45. The lowest BCUT2D eigenvalue weighted by Crippen LogP contribution is -2.33. The Morgan fingerprint density at radius 3 is 2.38 bits per heavy atom. The third-order valence-electron chi connectivity index (χ3n) is 6.33. The van der Waals surface area contributed by atoms with E-state index in [9.17, 15) is 9.59 Å². The Morgan fingerprint density at radius 1 is 0.912 bits per heavy atom. The molecule has 3 aromatic carbocycles. The van der Waals surface area contributed by atoms with Gasteiger partial charge in [0.15, 0.2) is 17.2 Å². The maximum atomic E-state index is 13.6. The average Bonchev–Trinajstić information content (AvgIpc) is 3.73. The van der Waals surface area contributed by atoms with E-state index in [-0.39, 0.29) is 23.2 Å². The van der Waals surface area contributed by atoms with Gasteiger partial charge in [-0.3, -0.25) is 9.59 Å². The van der Waals surface area contributed by atoms with Crippen molar-refractivity contribution >= 4 is 16.7 Å². The van der Waals surface area contributed by atoms with Crippen molar-refractivity contribution in [2.24, 2.45) is 5.92 Å². The molecule has 1 atom stereocenters. The van der Waals surface area contributed by atoms with E-state index in [0.29, 0.717) is 41.3 Å². The summed E-state index contributed by atoms with van der Waals surface area (Å²) in [6.45, 7) is 1.04. The number of amides is 1. The second-order valence-corrected chi connectivity index (χ2v) is 8.64. The number of aromatic nitrogens is 2. The van der Waals surface area contributed by atoms with Crippen molar-refractivity contribution in [3.8, 4) is 17.2 Å². The maximum Gasteiger partial charge on any atom is 0.279 e. The predicted molar refractivity (Wildman–Crippen MR) is 128 cm³/mol. The van der Waals surface area contributed by atoms with Gasteiger partial charge in [-0.15, -0.1) is 0 Å². The molecule has 170 valence electrons.